The Balaban J connectivity index is 2.32. The van der Waals surface area contributed by atoms with E-state index in [9.17, 15) is 34.9 Å². The molecular formula is C17H22F5O3S-. The molecule has 0 saturated carbocycles. The fraction of sp³-hybridized carbons (Fsp3) is 0.647. The molecule has 9 heteroatoms. The number of rotatable bonds is 10. The van der Waals surface area contributed by atoms with Crippen molar-refractivity contribution in [1.29, 1.82) is 0 Å². The molecule has 1 aromatic rings. The van der Waals surface area contributed by atoms with Gasteiger partial charge in [-0.15, -0.1) is 0 Å². The third-order valence-electron chi connectivity index (χ3n) is 4.09. The van der Waals surface area contributed by atoms with Gasteiger partial charge in [-0.2, -0.15) is 22.0 Å². The number of unbranched alkanes of at least 4 members (excludes halogenated alkanes) is 5. The fourth-order valence-corrected chi connectivity index (χ4v) is 3.38. The van der Waals surface area contributed by atoms with Gasteiger partial charge < -0.3 is 4.55 Å². The second-order valence-corrected chi connectivity index (χ2v) is 7.74. The molecule has 0 fully saturated rings. The lowest BCUT2D eigenvalue weighted by molar-refractivity contribution is -0.284. The molecular weight excluding hydrogens is 379 g/mol. The number of benzene rings is 1. The zero-order valence-corrected chi connectivity index (χ0v) is 15.2. The lowest BCUT2D eigenvalue weighted by Crippen LogP contribution is -2.36. The molecule has 3 nitrogen and oxygen atoms in total. The van der Waals surface area contributed by atoms with Crippen LogP contribution in [0.5, 0.6) is 0 Å². The Morgan fingerprint density at radius 2 is 1.46 bits per heavy atom. The molecule has 0 heterocycles. The maximum Gasteiger partial charge on any atom is 0.453 e. The number of halogens is 5. The van der Waals surface area contributed by atoms with Crippen LogP contribution in [0.2, 0.25) is 0 Å². The quantitative estimate of drug-likeness (QED) is 0.301. The molecule has 0 N–H and O–H groups in total. The van der Waals surface area contributed by atoms with Crippen molar-refractivity contribution in [1.82, 2.24) is 0 Å². The highest BCUT2D eigenvalue weighted by atomic mass is 32.2. The van der Waals surface area contributed by atoms with Crippen LogP contribution in [0, 0.1) is 6.92 Å². The van der Waals surface area contributed by atoms with Crippen LogP contribution in [0.4, 0.5) is 22.0 Å². The smallest absolute Gasteiger partial charge is 0.453 e. The van der Waals surface area contributed by atoms with E-state index < -0.39 is 28.6 Å². The molecule has 150 valence electrons. The van der Waals surface area contributed by atoms with Gasteiger partial charge in [-0.05, 0) is 37.8 Å². The second-order valence-electron chi connectivity index (χ2n) is 6.39. The van der Waals surface area contributed by atoms with E-state index in [1.54, 1.807) is 19.1 Å². The summed E-state index contributed by atoms with van der Waals surface area (Å²) in [6.07, 6.45) is -3.81. The van der Waals surface area contributed by atoms with Crippen molar-refractivity contribution in [3.05, 3.63) is 29.3 Å². The monoisotopic (exact) mass is 401 g/mol. The first-order valence-corrected chi connectivity index (χ1v) is 9.75. The average Bonchev–Trinajstić information content (AvgIpc) is 2.47. The minimum Gasteiger partial charge on any atom is -0.744 e. The molecule has 0 radical (unpaired) electrons. The van der Waals surface area contributed by atoms with E-state index in [0.717, 1.165) is 5.56 Å². The summed E-state index contributed by atoms with van der Waals surface area (Å²) in [6.45, 7) is 1.78. The SMILES string of the molecule is Cc1ccc(S(=O)(=O)[O-])c(CCCCCCCCC(F)(F)C(F)(F)F)c1. The summed E-state index contributed by atoms with van der Waals surface area (Å²) in [5.74, 6) is -4.64. The van der Waals surface area contributed by atoms with Crippen molar-refractivity contribution < 1.29 is 34.9 Å². The molecule has 0 bridgehead atoms. The van der Waals surface area contributed by atoms with Crippen LogP contribution in [0.3, 0.4) is 0 Å². The zero-order chi connectivity index (χ0) is 20.0. The number of hydrogen-bond donors (Lipinski definition) is 0. The molecule has 0 unspecified atom stereocenters. The molecule has 0 aromatic heterocycles. The van der Waals surface area contributed by atoms with E-state index in [-0.39, 0.29) is 17.7 Å². The summed E-state index contributed by atoms with van der Waals surface area (Å²) >= 11 is 0. The topological polar surface area (TPSA) is 57.2 Å². The van der Waals surface area contributed by atoms with Crippen LogP contribution in [0.1, 0.15) is 56.1 Å². The van der Waals surface area contributed by atoms with Crippen LogP contribution in [-0.2, 0) is 16.5 Å². The van der Waals surface area contributed by atoms with Crippen LogP contribution in [0.15, 0.2) is 23.1 Å². The standard InChI is InChI=1S/C17H23F5O3S/c1-13-9-10-15(26(23,24)25)14(12-13)8-6-4-2-3-5-7-11-16(18,19)17(20,21)22/h9-10,12H,2-8,11H2,1H3,(H,23,24,25)/p-1. The Bertz CT molecular complexity index is 684. The van der Waals surface area contributed by atoms with Crippen LogP contribution in [-0.4, -0.2) is 25.1 Å². The van der Waals surface area contributed by atoms with Crippen molar-refractivity contribution in [2.45, 2.75) is 75.3 Å². The molecule has 26 heavy (non-hydrogen) atoms. The largest absolute Gasteiger partial charge is 0.744 e. The minimum atomic E-state index is -5.50. The highest BCUT2D eigenvalue weighted by molar-refractivity contribution is 7.85. The normalized spacial score (nSPS) is 13.2. The van der Waals surface area contributed by atoms with Crippen molar-refractivity contribution in [3.8, 4) is 0 Å². The molecule has 0 spiro atoms. The Kier molecular flexibility index (Phi) is 8.01. The van der Waals surface area contributed by atoms with Crippen molar-refractivity contribution in [3.63, 3.8) is 0 Å². The molecule has 0 aliphatic carbocycles. The molecule has 0 saturated heterocycles. The lowest BCUT2D eigenvalue weighted by Gasteiger charge is -2.19. The number of alkyl halides is 5. The average molecular weight is 401 g/mol. The molecule has 0 atom stereocenters. The highest BCUT2D eigenvalue weighted by Crippen LogP contribution is 2.39. The van der Waals surface area contributed by atoms with E-state index in [4.69, 9.17) is 0 Å². The number of hydrogen-bond acceptors (Lipinski definition) is 3. The lowest BCUT2D eigenvalue weighted by atomic mass is 10.0. The van der Waals surface area contributed by atoms with Crippen molar-refractivity contribution >= 4 is 10.1 Å². The molecule has 0 aliphatic rings. The van der Waals surface area contributed by atoms with Gasteiger partial charge >= 0.3 is 12.1 Å². The van der Waals surface area contributed by atoms with E-state index in [2.05, 4.69) is 0 Å². The predicted octanol–water partition coefficient (Wildman–Crippen LogP) is 5.37. The van der Waals surface area contributed by atoms with Crippen LogP contribution in [0.25, 0.3) is 0 Å². The van der Waals surface area contributed by atoms with Crippen LogP contribution >= 0.6 is 0 Å². The first-order chi connectivity index (χ1) is 11.8. The van der Waals surface area contributed by atoms with Crippen molar-refractivity contribution in [2.75, 3.05) is 0 Å². The summed E-state index contributed by atoms with van der Waals surface area (Å²) in [5, 5.41) is 0. The predicted molar refractivity (Wildman–Crippen MR) is 86.2 cm³/mol. The van der Waals surface area contributed by atoms with Gasteiger partial charge in [0.15, 0.2) is 0 Å². The maximum atomic E-state index is 12.7. The van der Waals surface area contributed by atoms with Gasteiger partial charge in [0.1, 0.15) is 10.1 Å². The summed E-state index contributed by atoms with van der Waals surface area (Å²) in [4.78, 5) is -0.238. The summed E-state index contributed by atoms with van der Waals surface area (Å²) in [5.41, 5.74) is 1.28. The van der Waals surface area contributed by atoms with E-state index in [1.165, 1.54) is 6.07 Å². The molecule has 0 aliphatic heterocycles. The highest BCUT2D eigenvalue weighted by Gasteiger charge is 2.56. The van der Waals surface area contributed by atoms with Gasteiger partial charge in [0.2, 0.25) is 0 Å². The Morgan fingerprint density at radius 3 is 2.00 bits per heavy atom. The van der Waals surface area contributed by atoms with Crippen LogP contribution < -0.4 is 0 Å². The van der Waals surface area contributed by atoms with E-state index in [1.807, 2.05) is 0 Å². The van der Waals surface area contributed by atoms with Gasteiger partial charge in [0, 0.05) is 6.42 Å². The summed E-state index contributed by atoms with van der Waals surface area (Å²) < 4.78 is 95.1. The van der Waals surface area contributed by atoms with Crippen molar-refractivity contribution in [2.24, 2.45) is 0 Å². The van der Waals surface area contributed by atoms with Gasteiger partial charge in [-0.3, -0.25) is 0 Å². The first-order valence-electron chi connectivity index (χ1n) is 8.34. The second kappa shape index (κ2) is 9.12. The van der Waals surface area contributed by atoms with Gasteiger partial charge in [0.25, 0.3) is 0 Å². The minimum absolute atomic E-state index is 0.205. The molecule has 0 amide bonds. The Labute approximate surface area is 150 Å². The zero-order valence-electron chi connectivity index (χ0n) is 14.4. The Morgan fingerprint density at radius 1 is 0.923 bits per heavy atom. The number of aryl methyl sites for hydroxylation is 2. The van der Waals surface area contributed by atoms with Gasteiger partial charge in [0.05, 0.1) is 4.90 Å². The van der Waals surface area contributed by atoms with E-state index >= 15 is 0 Å². The van der Waals surface area contributed by atoms with E-state index in [0.29, 0.717) is 37.7 Å². The third kappa shape index (κ3) is 7.19. The summed E-state index contributed by atoms with van der Waals surface area (Å²) in [7, 11) is -4.54. The first kappa shape index (κ1) is 22.8. The molecule has 1 rings (SSSR count). The summed E-state index contributed by atoms with van der Waals surface area (Å²) in [6, 6.07) is 4.48. The van der Waals surface area contributed by atoms with Gasteiger partial charge in [-0.25, -0.2) is 8.42 Å². The third-order valence-corrected chi connectivity index (χ3v) is 5.02. The maximum absolute atomic E-state index is 12.7. The van der Waals surface area contributed by atoms with Gasteiger partial charge in [-0.1, -0.05) is 43.4 Å². The Hall–Kier alpha value is -1.22. The fourth-order valence-electron chi connectivity index (χ4n) is 2.66. The molecule has 1 aromatic carbocycles.